The molecule has 1 saturated heterocycles. The Bertz CT molecular complexity index is 724. The monoisotopic (exact) mass is 357 g/mol. The topological polar surface area (TPSA) is 35.6 Å². The normalized spacial score (nSPS) is 15.8. The van der Waals surface area contributed by atoms with Crippen molar-refractivity contribution < 1.29 is 4.79 Å². The highest BCUT2D eigenvalue weighted by Crippen LogP contribution is 2.19. The average Bonchev–Trinajstić information content (AvgIpc) is 2.62. The van der Waals surface area contributed by atoms with Crippen LogP contribution in [0, 0.1) is 6.92 Å². The molecule has 1 N–H and O–H groups in total. The third kappa shape index (κ3) is 4.45. The van der Waals surface area contributed by atoms with E-state index in [-0.39, 0.29) is 12.1 Å². The Labute approximate surface area is 154 Å². The van der Waals surface area contributed by atoms with Gasteiger partial charge in [-0.15, -0.1) is 0 Å². The first-order chi connectivity index (χ1) is 12.0. The van der Waals surface area contributed by atoms with Gasteiger partial charge in [-0.05, 0) is 49.2 Å². The molecule has 0 radical (unpaired) electrons. The molecule has 25 heavy (non-hydrogen) atoms. The molecule has 0 bridgehead atoms. The first-order valence-corrected chi connectivity index (χ1v) is 9.03. The number of benzene rings is 2. The van der Waals surface area contributed by atoms with E-state index in [1.807, 2.05) is 36.1 Å². The minimum atomic E-state index is -0.0421. The highest BCUT2D eigenvalue weighted by atomic mass is 35.5. The molecule has 2 aromatic rings. The summed E-state index contributed by atoms with van der Waals surface area (Å²) >= 11 is 5.92. The van der Waals surface area contributed by atoms with Crippen LogP contribution in [-0.4, -0.2) is 37.1 Å². The number of anilines is 1. The standard InChI is InChI=1S/C20H24ClN3O/c1-15-4-3-5-19(14-15)23-10-12-24(13-11-23)20(25)22-16(2)17-6-8-18(21)9-7-17/h3-9,14,16H,10-13H2,1-2H3,(H,22,25). The van der Waals surface area contributed by atoms with Gasteiger partial charge in [0.25, 0.3) is 0 Å². The van der Waals surface area contributed by atoms with Crippen molar-refractivity contribution in [3.8, 4) is 0 Å². The fourth-order valence-electron chi connectivity index (χ4n) is 3.10. The first kappa shape index (κ1) is 17.6. The van der Waals surface area contributed by atoms with E-state index in [1.54, 1.807) is 0 Å². The highest BCUT2D eigenvalue weighted by Gasteiger charge is 2.22. The largest absolute Gasteiger partial charge is 0.368 e. The Morgan fingerprint density at radius 1 is 1.08 bits per heavy atom. The van der Waals surface area contributed by atoms with Crippen LogP contribution >= 0.6 is 11.6 Å². The van der Waals surface area contributed by atoms with Gasteiger partial charge in [-0.25, -0.2) is 4.79 Å². The summed E-state index contributed by atoms with van der Waals surface area (Å²) in [6.07, 6.45) is 0. The molecule has 0 spiro atoms. The Kier molecular flexibility index (Phi) is 5.49. The molecule has 4 nitrogen and oxygen atoms in total. The van der Waals surface area contributed by atoms with Crippen LogP contribution in [0.25, 0.3) is 0 Å². The van der Waals surface area contributed by atoms with Crippen molar-refractivity contribution in [2.24, 2.45) is 0 Å². The molecular weight excluding hydrogens is 334 g/mol. The van der Waals surface area contributed by atoms with Crippen molar-refractivity contribution in [2.45, 2.75) is 19.9 Å². The molecule has 2 aromatic carbocycles. The lowest BCUT2D eigenvalue weighted by molar-refractivity contribution is 0.191. The third-order valence-corrected chi connectivity index (χ3v) is 4.90. The minimum Gasteiger partial charge on any atom is -0.368 e. The highest BCUT2D eigenvalue weighted by molar-refractivity contribution is 6.30. The predicted octanol–water partition coefficient (Wildman–Crippen LogP) is 4.24. The maximum atomic E-state index is 12.5. The number of rotatable bonds is 3. The van der Waals surface area contributed by atoms with Gasteiger partial charge in [-0.3, -0.25) is 0 Å². The maximum absolute atomic E-state index is 12.5. The van der Waals surface area contributed by atoms with Crippen molar-refractivity contribution in [1.82, 2.24) is 10.2 Å². The molecule has 1 aliphatic heterocycles. The van der Waals surface area contributed by atoms with Crippen LogP contribution in [0.3, 0.4) is 0 Å². The van der Waals surface area contributed by atoms with E-state index in [0.717, 1.165) is 31.7 Å². The number of carbonyl (C=O) groups is 1. The molecule has 1 atom stereocenters. The molecule has 2 amide bonds. The quantitative estimate of drug-likeness (QED) is 0.891. The summed E-state index contributed by atoms with van der Waals surface area (Å²) < 4.78 is 0. The Morgan fingerprint density at radius 2 is 1.76 bits per heavy atom. The number of aryl methyl sites for hydroxylation is 1. The van der Waals surface area contributed by atoms with E-state index in [4.69, 9.17) is 11.6 Å². The third-order valence-electron chi connectivity index (χ3n) is 4.64. The SMILES string of the molecule is Cc1cccc(N2CCN(C(=O)NC(C)c3ccc(Cl)cc3)CC2)c1. The van der Waals surface area contributed by atoms with Gasteiger partial charge in [0.2, 0.25) is 0 Å². The molecule has 132 valence electrons. The number of nitrogens with zero attached hydrogens (tertiary/aromatic N) is 2. The lowest BCUT2D eigenvalue weighted by atomic mass is 10.1. The summed E-state index contributed by atoms with van der Waals surface area (Å²) in [5.74, 6) is 0. The van der Waals surface area contributed by atoms with Crippen molar-refractivity contribution in [3.05, 3.63) is 64.7 Å². The van der Waals surface area contributed by atoms with E-state index in [1.165, 1.54) is 11.3 Å². The second kappa shape index (κ2) is 7.79. The molecule has 0 saturated carbocycles. The summed E-state index contributed by atoms with van der Waals surface area (Å²) in [6.45, 7) is 7.26. The summed E-state index contributed by atoms with van der Waals surface area (Å²) in [7, 11) is 0. The van der Waals surface area contributed by atoms with Gasteiger partial charge in [0.05, 0.1) is 6.04 Å². The van der Waals surface area contributed by atoms with Crippen LogP contribution in [0.4, 0.5) is 10.5 Å². The zero-order valence-corrected chi connectivity index (χ0v) is 15.5. The molecule has 1 aliphatic rings. The van der Waals surface area contributed by atoms with Gasteiger partial charge in [0.1, 0.15) is 0 Å². The zero-order chi connectivity index (χ0) is 17.8. The molecule has 1 heterocycles. The fourth-order valence-corrected chi connectivity index (χ4v) is 3.23. The summed E-state index contributed by atoms with van der Waals surface area (Å²) in [6, 6.07) is 16.0. The number of piperazine rings is 1. The number of nitrogens with one attached hydrogen (secondary N) is 1. The van der Waals surface area contributed by atoms with E-state index in [2.05, 4.69) is 41.4 Å². The first-order valence-electron chi connectivity index (χ1n) is 8.65. The van der Waals surface area contributed by atoms with Gasteiger partial charge in [-0.2, -0.15) is 0 Å². The van der Waals surface area contributed by atoms with Crippen LogP contribution in [0.1, 0.15) is 24.1 Å². The number of amides is 2. The average molecular weight is 358 g/mol. The Balaban J connectivity index is 1.53. The van der Waals surface area contributed by atoms with Crippen LogP contribution in [-0.2, 0) is 0 Å². The van der Waals surface area contributed by atoms with E-state index in [0.29, 0.717) is 5.02 Å². The van der Waals surface area contributed by atoms with Crippen LogP contribution in [0.2, 0.25) is 5.02 Å². The lowest BCUT2D eigenvalue weighted by Gasteiger charge is -2.36. The number of urea groups is 1. The fraction of sp³-hybridized carbons (Fsp3) is 0.350. The zero-order valence-electron chi connectivity index (χ0n) is 14.7. The van der Waals surface area contributed by atoms with Crippen molar-refractivity contribution in [1.29, 1.82) is 0 Å². The summed E-state index contributed by atoms with van der Waals surface area (Å²) in [4.78, 5) is 16.7. The number of carbonyl (C=O) groups excluding carboxylic acids is 1. The number of halogens is 1. The second-order valence-corrected chi connectivity index (χ2v) is 6.97. The molecule has 0 aliphatic carbocycles. The second-order valence-electron chi connectivity index (χ2n) is 6.54. The van der Waals surface area contributed by atoms with Crippen LogP contribution < -0.4 is 10.2 Å². The molecule has 5 heteroatoms. The molecular formula is C20H24ClN3O. The molecule has 3 rings (SSSR count). The predicted molar refractivity (Wildman–Crippen MR) is 103 cm³/mol. The van der Waals surface area contributed by atoms with E-state index < -0.39 is 0 Å². The molecule has 1 fully saturated rings. The number of hydrogen-bond acceptors (Lipinski definition) is 2. The minimum absolute atomic E-state index is 0.00802. The van der Waals surface area contributed by atoms with Crippen molar-refractivity contribution in [3.63, 3.8) is 0 Å². The Morgan fingerprint density at radius 3 is 2.40 bits per heavy atom. The van der Waals surface area contributed by atoms with Crippen molar-refractivity contribution in [2.75, 3.05) is 31.1 Å². The number of hydrogen-bond donors (Lipinski definition) is 1. The van der Waals surface area contributed by atoms with Crippen LogP contribution in [0.15, 0.2) is 48.5 Å². The summed E-state index contributed by atoms with van der Waals surface area (Å²) in [5.41, 5.74) is 3.54. The summed E-state index contributed by atoms with van der Waals surface area (Å²) in [5, 5.41) is 3.78. The molecule has 0 aromatic heterocycles. The van der Waals surface area contributed by atoms with Gasteiger partial charge >= 0.3 is 6.03 Å². The van der Waals surface area contributed by atoms with Gasteiger partial charge in [0.15, 0.2) is 0 Å². The smallest absolute Gasteiger partial charge is 0.317 e. The van der Waals surface area contributed by atoms with Gasteiger partial charge < -0.3 is 15.1 Å². The van der Waals surface area contributed by atoms with Crippen LogP contribution in [0.5, 0.6) is 0 Å². The van der Waals surface area contributed by atoms with Crippen molar-refractivity contribution >= 4 is 23.3 Å². The molecule has 1 unspecified atom stereocenters. The van der Waals surface area contributed by atoms with E-state index in [9.17, 15) is 4.79 Å². The maximum Gasteiger partial charge on any atom is 0.317 e. The lowest BCUT2D eigenvalue weighted by Crippen LogP contribution is -2.52. The van der Waals surface area contributed by atoms with Gasteiger partial charge in [0, 0.05) is 36.9 Å². The van der Waals surface area contributed by atoms with E-state index >= 15 is 0 Å². The van der Waals surface area contributed by atoms with Gasteiger partial charge in [-0.1, -0.05) is 35.9 Å². The Hall–Kier alpha value is -2.20.